The second-order valence-corrected chi connectivity index (χ2v) is 8.65. The van der Waals surface area contributed by atoms with Gasteiger partial charge in [-0.2, -0.15) is 18.3 Å². The first kappa shape index (κ1) is 25.8. The Hall–Kier alpha value is -4.84. The lowest BCUT2D eigenvalue weighted by Crippen LogP contribution is -2.20. The Morgan fingerprint density at radius 3 is 2.36 bits per heavy atom. The fourth-order valence-electron chi connectivity index (χ4n) is 3.73. The summed E-state index contributed by atoms with van der Waals surface area (Å²) in [6, 6.07) is 9.80. The van der Waals surface area contributed by atoms with Gasteiger partial charge in [0, 0.05) is 28.7 Å². The van der Waals surface area contributed by atoms with Crippen LogP contribution in [0.4, 0.5) is 33.7 Å². The summed E-state index contributed by atoms with van der Waals surface area (Å²) < 4.78 is 53.9. The Labute approximate surface area is 222 Å². The third-order valence-corrected chi connectivity index (χ3v) is 5.93. The van der Waals surface area contributed by atoms with Crippen molar-refractivity contribution in [3.63, 3.8) is 0 Å². The minimum absolute atomic E-state index is 0.0325. The van der Waals surface area contributed by atoms with Crippen LogP contribution < -0.4 is 10.6 Å². The molecule has 0 radical (unpaired) electrons. The molecule has 0 saturated carbocycles. The zero-order valence-electron chi connectivity index (χ0n) is 19.5. The first-order valence-corrected chi connectivity index (χ1v) is 11.5. The lowest BCUT2D eigenvalue weighted by molar-refractivity contribution is -0.137. The van der Waals surface area contributed by atoms with Crippen molar-refractivity contribution in [2.75, 3.05) is 10.6 Å². The van der Waals surface area contributed by atoms with E-state index in [2.05, 4.69) is 30.8 Å². The minimum Gasteiger partial charge on any atom is -0.308 e. The van der Waals surface area contributed by atoms with Gasteiger partial charge in [0.2, 0.25) is 0 Å². The largest absolute Gasteiger partial charge is 0.417 e. The van der Waals surface area contributed by atoms with Gasteiger partial charge in [0.25, 0.3) is 0 Å². The molecular weight excluding hydrogens is 540 g/mol. The third-order valence-electron chi connectivity index (χ3n) is 5.60. The molecule has 0 fully saturated rings. The first-order valence-electron chi connectivity index (χ1n) is 11.1. The molecule has 3 aromatic carbocycles. The summed E-state index contributed by atoms with van der Waals surface area (Å²) >= 11 is 5.60. The van der Waals surface area contributed by atoms with E-state index in [0.717, 1.165) is 18.2 Å². The van der Waals surface area contributed by atoms with Crippen molar-refractivity contribution >= 4 is 45.8 Å². The number of nitrogens with zero attached hydrogens (tertiary/aromatic N) is 3. The summed E-state index contributed by atoms with van der Waals surface area (Å²) in [6.45, 7) is 0. The molecule has 0 bridgehead atoms. The van der Waals surface area contributed by atoms with Crippen molar-refractivity contribution in [1.82, 2.24) is 20.2 Å². The maximum Gasteiger partial charge on any atom is 0.417 e. The van der Waals surface area contributed by atoms with Crippen LogP contribution in [0.1, 0.15) is 21.5 Å². The molecule has 39 heavy (non-hydrogen) atoms. The Morgan fingerprint density at radius 2 is 1.64 bits per heavy atom. The standard InChI is InChI=1S/C26H15ClF4N6O2/c27-19-4-2-16(9-18(19)26(29,30)31)36-25(39)35-15-3-5-20(28)17(8-15)24(38)13-1-6-21-22(7-13)37-23(12-32-21)14-10-33-34-11-14/h1-12H,(H,33,34)(H2,35,36,39). The molecule has 5 rings (SSSR count). The van der Waals surface area contributed by atoms with E-state index >= 15 is 0 Å². The molecule has 5 aromatic rings. The van der Waals surface area contributed by atoms with Crippen molar-refractivity contribution in [3.05, 3.63) is 101 Å². The number of aromatic amines is 1. The van der Waals surface area contributed by atoms with E-state index in [0.29, 0.717) is 28.4 Å². The monoisotopic (exact) mass is 554 g/mol. The van der Waals surface area contributed by atoms with Gasteiger partial charge in [0.15, 0.2) is 5.78 Å². The number of rotatable bonds is 5. The number of carbonyl (C=O) groups excluding carboxylic acids is 2. The van der Waals surface area contributed by atoms with E-state index < -0.39 is 34.4 Å². The van der Waals surface area contributed by atoms with Crippen molar-refractivity contribution < 1.29 is 27.2 Å². The van der Waals surface area contributed by atoms with E-state index in [4.69, 9.17) is 11.6 Å². The molecule has 2 amide bonds. The van der Waals surface area contributed by atoms with Gasteiger partial charge < -0.3 is 10.6 Å². The molecule has 0 spiro atoms. The van der Waals surface area contributed by atoms with Crippen molar-refractivity contribution in [3.8, 4) is 11.3 Å². The Bertz CT molecular complexity index is 1720. The molecule has 0 aliphatic heterocycles. The van der Waals surface area contributed by atoms with Crippen LogP contribution in [0.15, 0.2) is 73.2 Å². The number of anilines is 2. The fraction of sp³-hybridized carbons (Fsp3) is 0.0385. The second kappa shape index (κ2) is 10.1. The van der Waals surface area contributed by atoms with Crippen LogP contribution in [0, 0.1) is 5.82 Å². The molecule has 0 saturated heterocycles. The zero-order chi connectivity index (χ0) is 27.7. The van der Waals surface area contributed by atoms with Gasteiger partial charge in [0.1, 0.15) is 5.82 Å². The highest BCUT2D eigenvalue weighted by molar-refractivity contribution is 6.31. The third kappa shape index (κ3) is 5.55. The molecule has 3 N–H and O–H groups in total. The normalized spacial score (nSPS) is 11.4. The van der Waals surface area contributed by atoms with Gasteiger partial charge in [-0.15, -0.1) is 0 Å². The van der Waals surface area contributed by atoms with Crippen LogP contribution in [0.2, 0.25) is 5.02 Å². The van der Waals surface area contributed by atoms with Crippen molar-refractivity contribution in [2.24, 2.45) is 0 Å². The number of halogens is 5. The number of carbonyl (C=O) groups is 2. The minimum atomic E-state index is -4.72. The quantitative estimate of drug-likeness (QED) is 0.165. The predicted molar refractivity (Wildman–Crippen MR) is 136 cm³/mol. The number of alkyl halides is 3. The molecular formula is C26H15ClF4N6O2. The average Bonchev–Trinajstić information content (AvgIpc) is 3.44. The molecule has 0 atom stereocenters. The molecule has 0 aliphatic carbocycles. The van der Waals surface area contributed by atoms with Gasteiger partial charge in [-0.25, -0.2) is 14.2 Å². The van der Waals surface area contributed by atoms with Crippen LogP contribution in [0.3, 0.4) is 0 Å². The number of fused-ring (bicyclic) bond motifs is 1. The fourth-order valence-corrected chi connectivity index (χ4v) is 3.95. The molecule has 0 aliphatic rings. The van der Waals surface area contributed by atoms with Crippen LogP contribution in [-0.2, 0) is 6.18 Å². The van der Waals surface area contributed by atoms with Gasteiger partial charge in [-0.1, -0.05) is 11.6 Å². The number of hydrogen-bond acceptors (Lipinski definition) is 5. The summed E-state index contributed by atoms with van der Waals surface area (Å²) in [6.07, 6.45) is 0.0449. The van der Waals surface area contributed by atoms with E-state index in [9.17, 15) is 27.2 Å². The highest BCUT2D eigenvalue weighted by atomic mass is 35.5. The molecule has 8 nitrogen and oxygen atoms in total. The lowest BCUT2D eigenvalue weighted by atomic mass is 10.0. The molecule has 13 heteroatoms. The maximum atomic E-state index is 14.6. The Kier molecular flexibility index (Phi) is 6.71. The van der Waals surface area contributed by atoms with Crippen molar-refractivity contribution in [1.29, 1.82) is 0 Å². The topological polar surface area (TPSA) is 113 Å². The number of aromatic nitrogens is 4. The van der Waals surface area contributed by atoms with E-state index in [1.165, 1.54) is 24.3 Å². The predicted octanol–water partition coefficient (Wildman–Crippen LogP) is 6.71. The van der Waals surface area contributed by atoms with Gasteiger partial charge >= 0.3 is 12.2 Å². The number of nitrogens with one attached hydrogen (secondary N) is 3. The van der Waals surface area contributed by atoms with Crippen molar-refractivity contribution in [2.45, 2.75) is 6.18 Å². The Balaban J connectivity index is 1.37. The van der Waals surface area contributed by atoms with Gasteiger partial charge in [-0.05, 0) is 54.6 Å². The van der Waals surface area contributed by atoms with Crippen LogP contribution >= 0.6 is 11.6 Å². The highest BCUT2D eigenvalue weighted by Crippen LogP contribution is 2.36. The number of urea groups is 1. The van der Waals surface area contributed by atoms with Gasteiger partial charge in [0.05, 0.1) is 45.3 Å². The summed E-state index contributed by atoms with van der Waals surface area (Å²) in [4.78, 5) is 34.4. The number of ketones is 1. The highest BCUT2D eigenvalue weighted by Gasteiger charge is 2.33. The number of hydrogen-bond donors (Lipinski definition) is 3. The van der Waals surface area contributed by atoms with Crippen LogP contribution in [0.5, 0.6) is 0 Å². The van der Waals surface area contributed by atoms with E-state index in [1.54, 1.807) is 24.7 Å². The number of amides is 2. The average molecular weight is 555 g/mol. The number of benzene rings is 3. The second-order valence-electron chi connectivity index (χ2n) is 8.24. The molecule has 2 aromatic heterocycles. The SMILES string of the molecule is O=C(Nc1ccc(F)c(C(=O)c2ccc3ncc(-c4cn[nH]c4)nc3c2)c1)Nc1ccc(Cl)c(C(F)(F)F)c1. The summed E-state index contributed by atoms with van der Waals surface area (Å²) in [5.41, 5.74) is 0.662. The summed E-state index contributed by atoms with van der Waals surface area (Å²) in [5.74, 6) is -1.52. The van der Waals surface area contributed by atoms with Crippen LogP contribution in [-0.4, -0.2) is 32.0 Å². The van der Waals surface area contributed by atoms with E-state index in [1.807, 2.05) is 0 Å². The lowest BCUT2D eigenvalue weighted by Gasteiger charge is -2.13. The first-order chi connectivity index (χ1) is 18.6. The van der Waals surface area contributed by atoms with Crippen LogP contribution in [0.25, 0.3) is 22.3 Å². The summed E-state index contributed by atoms with van der Waals surface area (Å²) in [5, 5.41) is 10.7. The maximum absolute atomic E-state index is 14.6. The molecule has 196 valence electrons. The zero-order valence-corrected chi connectivity index (χ0v) is 20.2. The molecule has 0 unspecified atom stereocenters. The van der Waals surface area contributed by atoms with Gasteiger partial charge in [-0.3, -0.25) is 14.9 Å². The number of H-pyrrole nitrogens is 1. The Morgan fingerprint density at radius 1 is 0.897 bits per heavy atom. The summed E-state index contributed by atoms with van der Waals surface area (Å²) in [7, 11) is 0. The smallest absolute Gasteiger partial charge is 0.308 e. The van der Waals surface area contributed by atoms with E-state index in [-0.39, 0.29) is 22.5 Å². The molecule has 2 heterocycles.